The highest BCUT2D eigenvalue weighted by Crippen LogP contribution is 2.40. The second-order valence-electron chi connectivity index (χ2n) is 10.3. The van der Waals surface area contributed by atoms with E-state index in [1.165, 1.54) is 4.31 Å². The third-order valence-corrected chi connectivity index (χ3v) is 9.10. The van der Waals surface area contributed by atoms with E-state index < -0.39 is 44.9 Å². The molecule has 0 aromatic carbocycles. The lowest BCUT2D eigenvalue weighted by Gasteiger charge is -2.41. The van der Waals surface area contributed by atoms with Gasteiger partial charge in [0.15, 0.2) is 4.75 Å². The average Bonchev–Trinajstić information content (AvgIpc) is 2.72. The Kier molecular flexibility index (Phi) is 9.40. The van der Waals surface area contributed by atoms with Crippen molar-refractivity contribution < 1.29 is 44.6 Å². The van der Waals surface area contributed by atoms with Crippen molar-refractivity contribution in [3.05, 3.63) is 0 Å². The van der Waals surface area contributed by atoms with E-state index in [1.807, 2.05) is 0 Å². The minimum Gasteiger partial charge on any atom is -0.459 e. The number of unbranched alkanes of at least 4 members (excludes halogenated alkanes) is 2. The zero-order chi connectivity index (χ0) is 25.8. The molecular weight excluding hydrogens is 485 g/mol. The maximum absolute atomic E-state index is 13.6. The number of alkyl halides is 5. The van der Waals surface area contributed by atoms with Gasteiger partial charge < -0.3 is 9.47 Å². The summed E-state index contributed by atoms with van der Waals surface area (Å²) in [6.07, 6.45) is -4.44. The summed E-state index contributed by atoms with van der Waals surface area (Å²) >= 11 is 0. The van der Waals surface area contributed by atoms with E-state index in [2.05, 4.69) is 0 Å². The predicted octanol–water partition coefficient (Wildman–Crippen LogP) is 5.07. The lowest BCUT2D eigenvalue weighted by atomic mass is 9.92. The normalized spacial score (nSPS) is 21.4. The maximum atomic E-state index is 13.6. The molecule has 0 radical (unpaired) electrons. The van der Waals surface area contributed by atoms with Crippen LogP contribution in [0.5, 0.6) is 0 Å². The molecule has 2 aliphatic rings. The van der Waals surface area contributed by atoms with Crippen molar-refractivity contribution in [2.75, 3.05) is 26.3 Å². The van der Waals surface area contributed by atoms with Gasteiger partial charge in [0, 0.05) is 45.6 Å². The molecule has 2 rings (SSSR count). The molecule has 0 amide bonds. The molecule has 200 valence electrons. The van der Waals surface area contributed by atoms with Gasteiger partial charge in [-0.05, 0) is 46.0 Å². The van der Waals surface area contributed by atoms with Crippen LogP contribution in [0.3, 0.4) is 0 Å². The van der Waals surface area contributed by atoms with Crippen molar-refractivity contribution in [2.45, 2.75) is 101 Å². The molecular formula is C22H36F5NO5S. The molecule has 0 aromatic rings. The van der Waals surface area contributed by atoms with Gasteiger partial charge in [0.2, 0.25) is 10.0 Å². The SMILES string of the molecule is CC(C)(C)OC(=O)C1(S(=O)(=O)N2CCC(CCCCCC(F)(F)C(F)(F)F)CC2)CCOCC1. The Hall–Kier alpha value is -1.01. The fourth-order valence-corrected chi connectivity index (χ4v) is 6.54. The van der Waals surface area contributed by atoms with Gasteiger partial charge in [-0.3, -0.25) is 4.79 Å². The third-order valence-electron chi connectivity index (χ3n) is 6.50. The van der Waals surface area contributed by atoms with Crippen LogP contribution in [-0.4, -0.2) is 67.4 Å². The Morgan fingerprint density at radius 2 is 1.56 bits per heavy atom. The smallest absolute Gasteiger partial charge is 0.453 e. The molecule has 0 aliphatic carbocycles. The summed E-state index contributed by atoms with van der Waals surface area (Å²) in [5.41, 5.74) is -0.838. The van der Waals surface area contributed by atoms with Gasteiger partial charge in [0.1, 0.15) is 5.60 Å². The number of ether oxygens (including phenoxy) is 2. The molecule has 0 unspecified atom stereocenters. The Morgan fingerprint density at radius 1 is 1.00 bits per heavy atom. The quantitative estimate of drug-likeness (QED) is 0.241. The van der Waals surface area contributed by atoms with Gasteiger partial charge in [0.25, 0.3) is 0 Å². The Morgan fingerprint density at radius 3 is 2.06 bits per heavy atom. The summed E-state index contributed by atoms with van der Waals surface area (Å²) in [6.45, 7) is 5.78. The monoisotopic (exact) mass is 521 g/mol. The molecule has 6 nitrogen and oxygen atoms in total. The molecule has 0 atom stereocenters. The largest absolute Gasteiger partial charge is 0.459 e. The van der Waals surface area contributed by atoms with Gasteiger partial charge >= 0.3 is 18.1 Å². The van der Waals surface area contributed by atoms with E-state index >= 15 is 0 Å². The molecule has 0 aromatic heterocycles. The van der Waals surface area contributed by atoms with Crippen molar-refractivity contribution in [3.8, 4) is 0 Å². The van der Waals surface area contributed by atoms with Crippen LogP contribution in [-0.2, 0) is 24.3 Å². The molecule has 2 heterocycles. The first-order valence-corrected chi connectivity index (χ1v) is 13.2. The Balaban J connectivity index is 1.89. The van der Waals surface area contributed by atoms with E-state index in [1.54, 1.807) is 20.8 Å². The van der Waals surface area contributed by atoms with Gasteiger partial charge in [-0.1, -0.05) is 19.3 Å². The van der Waals surface area contributed by atoms with Gasteiger partial charge in [-0.15, -0.1) is 0 Å². The number of nitrogens with zero attached hydrogens (tertiary/aromatic N) is 1. The van der Waals surface area contributed by atoms with Crippen LogP contribution in [0.15, 0.2) is 0 Å². The number of carbonyl (C=O) groups is 1. The highest BCUT2D eigenvalue weighted by Gasteiger charge is 2.57. The average molecular weight is 522 g/mol. The minimum absolute atomic E-state index is 0.0206. The van der Waals surface area contributed by atoms with Gasteiger partial charge in [-0.2, -0.15) is 22.0 Å². The second kappa shape index (κ2) is 10.9. The van der Waals surface area contributed by atoms with Crippen LogP contribution >= 0.6 is 0 Å². The first kappa shape index (κ1) is 29.2. The van der Waals surface area contributed by atoms with Crippen LogP contribution in [0.25, 0.3) is 0 Å². The number of hydrogen-bond donors (Lipinski definition) is 0. The molecule has 0 N–H and O–H groups in total. The number of carbonyl (C=O) groups excluding carboxylic acids is 1. The van der Waals surface area contributed by atoms with E-state index in [0.29, 0.717) is 25.7 Å². The van der Waals surface area contributed by atoms with Crippen molar-refractivity contribution in [2.24, 2.45) is 5.92 Å². The second-order valence-corrected chi connectivity index (χ2v) is 12.5. The fourth-order valence-electron chi connectivity index (χ4n) is 4.42. The van der Waals surface area contributed by atoms with Gasteiger partial charge in [0.05, 0.1) is 0 Å². The van der Waals surface area contributed by atoms with Crippen LogP contribution in [0.1, 0.15) is 78.6 Å². The summed E-state index contributed by atoms with van der Waals surface area (Å²) in [4.78, 5) is 13.0. The minimum atomic E-state index is -5.52. The highest BCUT2D eigenvalue weighted by molar-refractivity contribution is 7.91. The van der Waals surface area contributed by atoms with E-state index in [9.17, 15) is 35.2 Å². The summed E-state index contributed by atoms with van der Waals surface area (Å²) in [5.74, 6) is -5.27. The Bertz CT molecular complexity index is 780. The first-order valence-electron chi connectivity index (χ1n) is 11.8. The summed E-state index contributed by atoms with van der Waals surface area (Å²) in [6, 6.07) is 0. The molecule has 0 bridgehead atoms. The van der Waals surface area contributed by atoms with E-state index in [-0.39, 0.29) is 57.9 Å². The maximum Gasteiger partial charge on any atom is 0.453 e. The fraction of sp³-hybridized carbons (Fsp3) is 0.955. The lowest BCUT2D eigenvalue weighted by molar-refractivity contribution is -0.284. The molecule has 0 spiro atoms. The molecule has 2 aliphatic heterocycles. The molecule has 0 saturated carbocycles. The Labute approximate surface area is 198 Å². The summed E-state index contributed by atoms with van der Waals surface area (Å²) in [7, 11) is -4.01. The third kappa shape index (κ3) is 7.02. The molecule has 34 heavy (non-hydrogen) atoms. The number of piperidine rings is 1. The summed E-state index contributed by atoms with van der Waals surface area (Å²) in [5, 5.41) is 0. The first-order chi connectivity index (χ1) is 15.5. The zero-order valence-electron chi connectivity index (χ0n) is 20.1. The van der Waals surface area contributed by atoms with Crippen LogP contribution in [0.4, 0.5) is 22.0 Å². The molecule has 12 heteroatoms. The van der Waals surface area contributed by atoms with Crippen molar-refractivity contribution in [3.63, 3.8) is 0 Å². The van der Waals surface area contributed by atoms with Crippen molar-refractivity contribution in [1.29, 1.82) is 0 Å². The van der Waals surface area contributed by atoms with E-state index in [4.69, 9.17) is 9.47 Å². The number of halogens is 5. The topological polar surface area (TPSA) is 72.9 Å². The number of sulfonamides is 1. The lowest BCUT2D eigenvalue weighted by Crippen LogP contribution is -2.59. The zero-order valence-corrected chi connectivity index (χ0v) is 20.9. The number of rotatable bonds is 9. The van der Waals surface area contributed by atoms with E-state index in [0.717, 1.165) is 0 Å². The molecule has 2 fully saturated rings. The van der Waals surface area contributed by atoms with Crippen LogP contribution < -0.4 is 0 Å². The van der Waals surface area contributed by atoms with Crippen molar-refractivity contribution >= 4 is 16.0 Å². The van der Waals surface area contributed by atoms with Crippen LogP contribution in [0.2, 0.25) is 0 Å². The molecule has 2 saturated heterocycles. The highest BCUT2D eigenvalue weighted by atomic mass is 32.2. The standard InChI is InChI=1S/C22H36F5NO5S/c1-19(2,3)33-18(29)20(11-15-32-16-12-20)34(30,31)28-13-8-17(9-14-28)7-5-4-6-10-21(23,24)22(25,26)27/h17H,4-16H2,1-3H3. The predicted molar refractivity (Wildman–Crippen MR) is 116 cm³/mol. The van der Waals surface area contributed by atoms with Crippen molar-refractivity contribution in [1.82, 2.24) is 4.31 Å². The summed E-state index contributed by atoms with van der Waals surface area (Å²) < 4.78 is 100. The van der Waals surface area contributed by atoms with Gasteiger partial charge in [-0.25, -0.2) is 12.7 Å². The number of esters is 1. The van der Waals surface area contributed by atoms with Crippen LogP contribution in [0, 0.1) is 5.92 Å². The number of hydrogen-bond acceptors (Lipinski definition) is 5.